The zero-order chi connectivity index (χ0) is 12.5. The lowest BCUT2D eigenvalue weighted by Crippen LogP contribution is -2.15. The fraction of sp³-hybridized carbons (Fsp3) is 0.286. The summed E-state index contributed by atoms with van der Waals surface area (Å²) in [6.07, 6.45) is -0.783. The zero-order valence-electron chi connectivity index (χ0n) is 10.1. The summed E-state index contributed by atoms with van der Waals surface area (Å²) in [6.45, 7) is 2.94. The first-order chi connectivity index (χ1) is 8.74. The molecule has 1 aliphatic heterocycles. The fourth-order valence-electron chi connectivity index (χ4n) is 1.99. The van der Waals surface area contributed by atoms with Gasteiger partial charge in [0, 0.05) is 0 Å². The summed E-state index contributed by atoms with van der Waals surface area (Å²) in [4.78, 5) is 0. The van der Waals surface area contributed by atoms with Crippen molar-refractivity contribution in [3.8, 4) is 11.5 Å². The van der Waals surface area contributed by atoms with Crippen LogP contribution in [0.3, 0.4) is 0 Å². The first-order valence-corrected chi connectivity index (χ1v) is 5.88. The van der Waals surface area contributed by atoms with Gasteiger partial charge in [0.15, 0.2) is 11.5 Å². The average Bonchev–Trinajstić information content (AvgIpc) is 2.84. The van der Waals surface area contributed by atoms with Crippen molar-refractivity contribution in [3.63, 3.8) is 0 Å². The number of benzene rings is 1. The second-order valence-corrected chi connectivity index (χ2v) is 4.25. The zero-order valence-corrected chi connectivity index (χ0v) is 10.1. The molecule has 0 aliphatic carbocycles. The van der Waals surface area contributed by atoms with Crippen LogP contribution in [-0.4, -0.2) is 18.3 Å². The highest BCUT2D eigenvalue weighted by molar-refractivity contribution is 5.45. The van der Waals surface area contributed by atoms with Gasteiger partial charge in [-0.3, -0.25) is 0 Å². The molecule has 1 N–H and O–H groups in total. The molecule has 94 valence electrons. The van der Waals surface area contributed by atoms with Crippen molar-refractivity contribution >= 4 is 0 Å². The molecular weight excluding hydrogens is 232 g/mol. The Bertz CT molecular complexity index is 559. The van der Waals surface area contributed by atoms with Gasteiger partial charge in [-0.25, -0.2) is 0 Å². The molecule has 4 heteroatoms. The maximum atomic E-state index is 10.2. The summed E-state index contributed by atoms with van der Waals surface area (Å²) < 4.78 is 16.3. The molecule has 0 radical (unpaired) electrons. The van der Waals surface area contributed by atoms with E-state index in [1.54, 1.807) is 12.1 Å². The predicted octanol–water partition coefficient (Wildman–Crippen LogP) is 2.44. The normalized spacial score (nSPS) is 15.4. The summed E-state index contributed by atoms with van der Waals surface area (Å²) in [5.41, 5.74) is 0.730. The second kappa shape index (κ2) is 4.38. The molecule has 1 aromatic carbocycles. The molecule has 4 nitrogen and oxygen atoms in total. The van der Waals surface area contributed by atoms with Crippen LogP contribution in [0.25, 0.3) is 0 Å². The van der Waals surface area contributed by atoms with Crippen molar-refractivity contribution in [2.24, 2.45) is 0 Å². The molecule has 0 bridgehead atoms. The van der Waals surface area contributed by atoms with Crippen molar-refractivity contribution in [2.75, 3.05) is 13.2 Å². The third-order valence-electron chi connectivity index (χ3n) is 2.91. The lowest BCUT2D eigenvalue weighted by molar-refractivity contribution is 0.167. The minimum atomic E-state index is -0.783. The smallest absolute Gasteiger partial charge is 0.161 e. The molecule has 0 spiro atoms. The Hall–Kier alpha value is -1.94. The molecule has 0 saturated carbocycles. The van der Waals surface area contributed by atoms with Gasteiger partial charge in [0.25, 0.3) is 0 Å². The van der Waals surface area contributed by atoms with Gasteiger partial charge in [-0.1, -0.05) is 6.07 Å². The number of rotatable bonds is 2. The van der Waals surface area contributed by atoms with Crippen LogP contribution < -0.4 is 9.47 Å². The third-order valence-corrected chi connectivity index (χ3v) is 2.91. The first kappa shape index (κ1) is 11.2. The molecular formula is C14H14O4. The van der Waals surface area contributed by atoms with Crippen molar-refractivity contribution in [2.45, 2.75) is 13.0 Å². The van der Waals surface area contributed by atoms with Crippen LogP contribution in [0.2, 0.25) is 0 Å². The number of hydrogen-bond donors (Lipinski definition) is 1. The third kappa shape index (κ3) is 1.95. The van der Waals surface area contributed by atoms with Gasteiger partial charge in [0.2, 0.25) is 0 Å². The van der Waals surface area contributed by atoms with Crippen LogP contribution in [0.15, 0.2) is 34.7 Å². The van der Waals surface area contributed by atoms with Crippen LogP contribution in [0.5, 0.6) is 11.5 Å². The van der Waals surface area contributed by atoms with Crippen molar-refractivity contribution in [3.05, 3.63) is 47.4 Å². The summed E-state index contributed by atoms with van der Waals surface area (Å²) in [6, 6.07) is 9.02. The SMILES string of the molecule is Cc1ccc([C@H](O)c2ccc3c(c2)OCCO3)o1. The standard InChI is InChI=1S/C14H14O4/c1-9-2-4-12(18-9)14(15)10-3-5-11-13(8-10)17-7-6-16-11/h2-5,8,14-15H,6-7H2,1H3/t14-/m1/s1. The van der Waals surface area contributed by atoms with Crippen molar-refractivity contribution in [1.29, 1.82) is 0 Å². The van der Waals surface area contributed by atoms with E-state index >= 15 is 0 Å². The van der Waals surface area contributed by atoms with Crippen LogP contribution in [0.1, 0.15) is 23.2 Å². The van der Waals surface area contributed by atoms with Crippen LogP contribution in [-0.2, 0) is 0 Å². The monoisotopic (exact) mass is 246 g/mol. The van der Waals surface area contributed by atoms with E-state index in [4.69, 9.17) is 13.9 Å². The van der Waals surface area contributed by atoms with Gasteiger partial charge < -0.3 is 19.0 Å². The topological polar surface area (TPSA) is 51.8 Å². The number of furan rings is 1. The van der Waals surface area contributed by atoms with Crippen LogP contribution in [0.4, 0.5) is 0 Å². The molecule has 2 aromatic rings. The Morgan fingerprint density at radius 1 is 1.06 bits per heavy atom. The molecule has 3 rings (SSSR count). The van der Waals surface area contributed by atoms with E-state index in [1.165, 1.54) is 0 Å². The predicted molar refractivity (Wildman–Crippen MR) is 64.9 cm³/mol. The van der Waals surface area contributed by atoms with Gasteiger partial charge in [-0.2, -0.15) is 0 Å². The van der Waals surface area contributed by atoms with E-state index in [0.29, 0.717) is 30.5 Å². The van der Waals surface area contributed by atoms with Crippen molar-refractivity contribution in [1.82, 2.24) is 0 Å². The average molecular weight is 246 g/mol. The quantitative estimate of drug-likeness (QED) is 0.884. The highest BCUT2D eigenvalue weighted by Crippen LogP contribution is 2.34. The number of ether oxygens (including phenoxy) is 2. The molecule has 2 heterocycles. The Balaban J connectivity index is 1.92. The van der Waals surface area contributed by atoms with Crippen LogP contribution in [0, 0.1) is 6.92 Å². The Morgan fingerprint density at radius 3 is 2.56 bits per heavy atom. The second-order valence-electron chi connectivity index (χ2n) is 4.25. The molecule has 18 heavy (non-hydrogen) atoms. The summed E-state index contributed by atoms with van der Waals surface area (Å²) in [7, 11) is 0. The van der Waals surface area contributed by atoms with E-state index < -0.39 is 6.10 Å². The number of aliphatic hydroxyl groups excluding tert-OH is 1. The van der Waals surface area contributed by atoms with Crippen molar-refractivity contribution < 1.29 is 19.0 Å². The van der Waals surface area contributed by atoms with E-state index in [-0.39, 0.29) is 0 Å². The summed E-state index contributed by atoms with van der Waals surface area (Å²) in [5, 5.41) is 10.2. The van der Waals surface area contributed by atoms with Gasteiger partial charge in [0.1, 0.15) is 30.8 Å². The summed E-state index contributed by atoms with van der Waals surface area (Å²) in [5.74, 6) is 2.69. The Morgan fingerprint density at radius 2 is 1.83 bits per heavy atom. The van der Waals surface area contributed by atoms with E-state index in [2.05, 4.69) is 0 Å². The molecule has 0 fully saturated rings. The van der Waals surface area contributed by atoms with E-state index in [0.717, 1.165) is 11.3 Å². The highest BCUT2D eigenvalue weighted by atomic mass is 16.6. The molecule has 0 saturated heterocycles. The number of hydrogen-bond acceptors (Lipinski definition) is 4. The largest absolute Gasteiger partial charge is 0.486 e. The lowest BCUT2D eigenvalue weighted by Gasteiger charge is -2.19. The number of aryl methyl sites for hydroxylation is 1. The number of aliphatic hydroxyl groups is 1. The van der Waals surface area contributed by atoms with E-state index in [1.807, 2.05) is 25.1 Å². The minimum Gasteiger partial charge on any atom is -0.486 e. The van der Waals surface area contributed by atoms with Gasteiger partial charge in [-0.15, -0.1) is 0 Å². The van der Waals surface area contributed by atoms with E-state index in [9.17, 15) is 5.11 Å². The Kier molecular flexibility index (Phi) is 2.72. The van der Waals surface area contributed by atoms with Gasteiger partial charge >= 0.3 is 0 Å². The van der Waals surface area contributed by atoms with Gasteiger partial charge in [0.05, 0.1) is 0 Å². The molecule has 1 aliphatic rings. The molecule has 1 aromatic heterocycles. The first-order valence-electron chi connectivity index (χ1n) is 5.88. The highest BCUT2D eigenvalue weighted by Gasteiger charge is 2.18. The Labute approximate surface area is 105 Å². The van der Waals surface area contributed by atoms with Crippen LogP contribution >= 0.6 is 0 Å². The fourth-order valence-corrected chi connectivity index (χ4v) is 1.99. The van der Waals surface area contributed by atoms with Gasteiger partial charge in [-0.05, 0) is 36.8 Å². The maximum Gasteiger partial charge on any atom is 0.161 e. The molecule has 0 unspecified atom stereocenters. The number of fused-ring (bicyclic) bond motifs is 1. The summed E-state index contributed by atoms with van der Waals surface area (Å²) >= 11 is 0. The molecule has 0 amide bonds. The maximum absolute atomic E-state index is 10.2. The lowest BCUT2D eigenvalue weighted by atomic mass is 10.1. The minimum absolute atomic E-state index is 0.532. The molecule has 1 atom stereocenters.